The van der Waals surface area contributed by atoms with Crippen molar-refractivity contribution >= 4 is 34.8 Å². The fourth-order valence-corrected chi connectivity index (χ4v) is 2.09. The molecule has 4 nitrogen and oxygen atoms in total. The minimum atomic E-state index is -0.630. The Hall–Kier alpha value is -1.07. The predicted molar refractivity (Wildman–Crippen MR) is 67.2 cm³/mol. The summed E-state index contributed by atoms with van der Waals surface area (Å²) >= 11 is 7.15. The normalized spacial score (nSPS) is 13.8. The van der Waals surface area contributed by atoms with Gasteiger partial charge in [-0.15, -0.1) is 22.9 Å². The van der Waals surface area contributed by atoms with Crippen molar-refractivity contribution in [1.29, 1.82) is 0 Å². The molecule has 6 heteroatoms. The van der Waals surface area contributed by atoms with Gasteiger partial charge in [0.2, 0.25) is 5.91 Å². The van der Waals surface area contributed by atoms with Gasteiger partial charge in [-0.1, -0.05) is 6.07 Å². The largest absolute Gasteiger partial charge is 0.469 e. The first-order chi connectivity index (χ1) is 8.04. The second-order valence-corrected chi connectivity index (χ2v) is 5.11. The number of hydrogen-bond donors (Lipinski definition) is 1. The van der Waals surface area contributed by atoms with E-state index in [1.165, 1.54) is 18.4 Å². The number of hydrogen-bond acceptors (Lipinski definition) is 4. The Morgan fingerprint density at radius 3 is 2.76 bits per heavy atom. The molecule has 1 N–H and O–H groups in total. The summed E-state index contributed by atoms with van der Waals surface area (Å²) in [6.07, 6.45) is 0.104. The third kappa shape index (κ3) is 4.36. The van der Waals surface area contributed by atoms with Gasteiger partial charge in [-0.2, -0.15) is 0 Å². The molecule has 0 radical (unpaired) electrons. The molecule has 0 aliphatic carbocycles. The summed E-state index contributed by atoms with van der Waals surface area (Å²) in [5.74, 6) is -0.667. The van der Waals surface area contributed by atoms with Crippen LogP contribution < -0.4 is 5.32 Å². The van der Waals surface area contributed by atoms with Crippen LogP contribution in [0.1, 0.15) is 24.3 Å². The van der Waals surface area contributed by atoms with Crippen LogP contribution in [0, 0.1) is 0 Å². The zero-order chi connectivity index (χ0) is 12.8. The lowest BCUT2D eigenvalue weighted by atomic mass is 10.1. The number of thiophene rings is 1. The van der Waals surface area contributed by atoms with Crippen molar-refractivity contribution < 1.29 is 14.3 Å². The lowest BCUT2D eigenvalue weighted by Crippen LogP contribution is -2.34. The van der Waals surface area contributed by atoms with E-state index in [4.69, 9.17) is 11.6 Å². The van der Waals surface area contributed by atoms with Crippen LogP contribution in [0.2, 0.25) is 0 Å². The zero-order valence-electron chi connectivity index (χ0n) is 9.60. The van der Waals surface area contributed by atoms with Gasteiger partial charge in [0, 0.05) is 4.88 Å². The van der Waals surface area contributed by atoms with Crippen molar-refractivity contribution in [2.45, 2.75) is 24.8 Å². The van der Waals surface area contributed by atoms with Crippen molar-refractivity contribution in [2.75, 3.05) is 7.11 Å². The van der Waals surface area contributed by atoms with Crippen LogP contribution in [0.25, 0.3) is 0 Å². The molecule has 1 aromatic rings. The van der Waals surface area contributed by atoms with Gasteiger partial charge in [-0.05, 0) is 18.4 Å². The molecule has 0 bridgehead atoms. The highest BCUT2D eigenvalue weighted by Crippen LogP contribution is 2.22. The first kappa shape index (κ1) is 14.0. The summed E-state index contributed by atoms with van der Waals surface area (Å²) in [5, 5.41) is 3.98. The highest BCUT2D eigenvalue weighted by molar-refractivity contribution is 7.10. The van der Waals surface area contributed by atoms with E-state index in [-0.39, 0.29) is 24.3 Å². The van der Waals surface area contributed by atoms with Crippen LogP contribution in [0.4, 0.5) is 0 Å². The molecule has 17 heavy (non-hydrogen) atoms. The molecule has 94 valence electrons. The molecule has 0 aromatic carbocycles. The molecule has 0 fully saturated rings. The highest BCUT2D eigenvalue weighted by atomic mass is 35.5. The van der Waals surface area contributed by atoms with Gasteiger partial charge < -0.3 is 10.1 Å². The first-order valence-corrected chi connectivity index (χ1v) is 6.41. The molecular formula is C11H14ClNO3S. The number of carbonyl (C=O) groups excluding carboxylic acids is 2. The Labute approximate surface area is 109 Å². The quantitative estimate of drug-likeness (QED) is 0.661. The van der Waals surface area contributed by atoms with Crippen LogP contribution in [0.3, 0.4) is 0 Å². The number of methoxy groups -OCH3 is 1. The van der Waals surface area contributed by atoms with Crippen molar-refractivity contribution in [3.63, 3.8) is 0 Å². The number of halogens is 1. The molecule has 1 aromatic heterocycles. The monoisotopic (exact) mass is 275 g/mol. The first-order valence-electron chi connectivity index (χ1n) is 5.09. The average molecular weight is 276 g/mol. The van der Waals surface area contributed by atoms with E-state index < -0.39 is 5.38 Å². The molecule has 0 aliphatic rings. The molecule has 1 rings (SSSR count). The van der Waals surface area contributed by atoms with Crippen molar-refractivity contribution in [3.05, 3.63) is 22.4 Å². The molecule has 0 saturated carbocycles. The topological polar surface area (TPSA) is 55.4 Å². The number of alkyl halides is 1. The van der Waals surface area contributed by atoms with Crippen LogP contribution in [-0.2, 0) is 14.3 Å². The zero-order valence-corrected chi connectivity index (χ0v) is 11.2. The maximum Gasteiger partial charge on any atom is 0.307 e. The van der Waals surface area contributed by atoms with Crippen molar-refractivity contribution in [2.24, 2.45) is 0 Å². The maximum absolute atomic E-state index is 11.5. The summed E-state index contributed by atoms with van der Waals surface area (Å²) in [4.78, 5) is 23.7. The fraction of sp³-hybridized carbons (Fsp3) is 0.455. The van der Waals surface area contributed by atoms with Crippen LogP contribution in [-0.4, -0.2) is 24.4 Å². The number of carbonyl (C=O) groups is 2. The van der Waals surface area contributed by atoms with Gasteiger partial charge in [-0.25, -0.2) is 0 Å². The number of esters is 1. The molecular weight excluding hydrogens is 262 g/mol. The van der Waals surface area contributed by atoms with Crippen LogP contribution >= 0.6 is 22.9 Å². The summed E-state index contributed by atoms with van der Waals surface area (Å²) in [6, 6.07) is 3.34. The van der Waals surface area contributed by atoms with Gasteiger partial charge >= 0.3 is 5.97 Å². The van der Waals surface area contributed by atoms with Gasteiger partial charge in [0.15, 0.2) is 0 Å². The van der Waals surface area contributed by atoms with Crippen molar-refractivity contribution in [1.82, 2.24) is 5.32 Å². The molecule has 2 atom stereocenters. The van der Waals surface area contributed by atoms with E-state index in [0.717, 1.165) is 4.88 Å². The summed E-state index contributed by atoms with van der Waals surface area (Å²) in [7, 11) is 1.32. The Bertz CT molecular complexity index is 378. The number of amides is 1. The Morgan fingerprint density at radius 2 is 2.29 bits per heavy atom. The van der Waals surface area contributed by atoms with E-state index in [1.54, 1.807) is 6.92 Å². The highest BCUT2D eigenvalue weighted by Gasteiger charge is 2.21. The van der Waals surface area contributed by atoms with Gasteiger partial charge in [-0.3, -0.25) is 9.59 Å². The maximum atomic E-state index is 11.5. The molecule has 0 saturated heterocycles. The summed E-state index contributed by atoms with van der Waals surface area (Å²) in [5.41, 5.74) is 0. The minimum absolute atomic E-state index is 0.104. The summed E-state index contributed by atoms with van der Waals surface area (Å²) in [6.45, 7) is 1.58. The number of rotatable bonds is 5. The Kier molecular flexibility index (Phi) is 5.44. The van der Waals surface area contributed by atoms with Gasteiger partial charge in [0.25, 0.3) is 0 Å². The van der Waals surface area contributed by atoms with E-state index in [2.05, 4.69) is 10.1 Å². The van der Waals surface area contributed by atoms with Gasteiger partial charge in [0.05, 0.1) is 19.6 Å². The van der Waals surface area contributed by atoms with E-state index in [1.807, 2.05) is 17.5 Å². The molecule has 2 unspecified atom stereocenters. The van der Waals surface area contributed by atoms with E-state index in [9.17, 15) is 9.59 Å². The molecule has 1 heterocycles. The van der Waals surface area contributed by atoms with Gasteiger partial charge in [0.1, 0.15) is 5.38 Å². The fourth-order valence-electron chi connectivity index (χ4n) is 1.25. The molecule has 1 amide bonds. The number of ether oxygens (including phenoxy) is 1. The summed E-state index contributed by atoms with van der Waals surface area (Å²) < 4.78 is 4.60. The lowest BCUT2D eigenvalue weighted by Gasteiger charge is -2.17. The third-order valence-corrected chi connectivity index (χ3v) is 3.35. The average Bonchev–Trinajstić information content (AvgIpc) is 2.80. The molecule has 0 spiro atoms. The Morgan fingerprint density at radius 1 is 1.59 bits per heavy atom. The SMILES string of the molecule is COC(=O)CC(NC(=O)C(C)Cl)c1cccs1. The standard InChI is InChI=1S/C11H14ClNO3S/c1-7(12)11(15)13-8(6-10(14)16-2)9-4-3-5-17-9/h3-5,7-8H,6H2,1-2H3,(H,13,15). The van der Waals surface area contributed by atoms with E-state index in [0.29, 0.717) is 0 Å². The molecule has 0 aliphatic heterocycles. The Balaban J connectivity index is 2.73. The third-order valence-electron chi connectivity index (χ3n) is 2.16. The smallest absolute Gasteiger partial charge is 0.307 e. The second-order valence-electron chi connectivity index (χ2n) is 3.47. The minimum Gasteiger partial charge on any atom is -0.469 e. The van der Waals surface area contributed by atoms with Crippen LogP contribution in [0.5, 0.6) is 0 Å². The number of nitrogens with one attached hydrogen (secondary N) is 1. The van der Waals surface area contributed by atoms with Crippen molar-refractivity contribution in [3.8, 4) is 0 Å². The van der Waals surface area contributed by atoms with Crippen LogP contribution in [0.15, 0.2) is 17.5 Å². The lowest BCUT2D eigenvalue weighted by molar-refractivity contribution is -0.141. The van der Waals surface area contributed by atoms with E-state index >= 15 is 0 Å². The second kappa shape index (κ2) is 6.61. The predicted octanol–water partition coefficient (Wildman–Crippen LogP) is 2.10.